The Bertz CT molecular complexity index is 233. The van der Waals surface area contributed by atoms with Crippen LogP contribution in [0.4, 0.5) is 5.88 Å². The fourth-order valence-corrected chi connectivity index (χ4v) is 0.374. The minimum Gasteiger partial charge on any atom is -0.409 e. The molecule has 0 fully saturated rings. The molecule has 0 atom stereocenters. The molecule has 7 nitrogen and oxygen atoms in total. The third-order valence-corrected chi connectivity index (χ3v) is 0.754. The van der Waals surface area contributed by atoms with Crippen molar-refractivity contribution in [3.63, 3.8) is 0 Å². The van der Waals surface area contributed by atoms with E-state index in [4.69, 9.17) is 4.79 Å². The van der Waals surface area contributed by atoms with Gasteiger partial charge in [0.25, 0.3) is 0 Å². The first-order chi connectivity index (χ1) is 5.72. The Morgan fingerprint density at radius 1 is 1.75 bits per heavy atom. The Hall–Kier alpha value is -1.89. The van der Waals surface area contributed by atoms with E-state index < -0.39 is 4.92 Å². The van der Waals surface area contributed by atoms with Crippen molar-refractivity contribution in [1.82, 2.24) is 5.43 Å². The molecule has 0 saturated heterocycles. The predicted molar refractivity (Wildman–Crippen MR) is 38.7 cm³/mol. The number of furan rings is 1. The summed E-state index contributed by atoms with van der Waals surface area (Å²) in [5, 5.41) is 9.77. The third kappa shape index (κ3) is 4.01. The van der Waals surface area contributed by atoms with E-state index in [1.54, 1.807) is 5.43 Å². The minimum absolute atomic E-state index is 0.218. The van der Waals surface area contributed by atoms with Crippen LogP contribution in [0.25, 0.3) is 0 Å². The molecule has 1 aromatic rings. The van der Waals surface area contributed by atoms with E-state index >= 15 is 0 Å². The van der Waals surface area contributed by atoms with Crippen molar-refractivity contribution in [3.05, 3.63) is 28.5 Å². The molecule has 7 heteroatoms. The molecule has 0 aliphatic rings. The van der Waals surface area contributed by atoms with E-state index in [0.29, 0.717) is 6.41 Å². The van der Waals surface area contributed by atoms with Gasteiger partial charge in [0.1, 0.15) is 4.92 Å². The average Bonchev–Trinajstić information content (AvgIpc) is 2.57. The van der Waals surface area contributed by atoms with Crippen molar-refractivity contribution in [2.45, 2.75) is 0 Å². The molecule has 0 aliphatic carbocycles. The molecule has 3 N–H and O–H groups in total. The standard InChI is InChI=1S/C4H3NO3.CH4N2O/c6-5(7)4-2-1-3-8-4;2-3-1-4/h1-3H;1H,2H2,(H,3,4). The smallest absolute Gasteiger partial charge is 0.409 e. The summed E-state index contributed by atoms with van der Waals surface area (Å²) in [6.45, 7) is 0. The fraction of sp³-hybridized carbons (Fsp3) is 0. The molecular formula is C5H7N3O4. The van der Waals surface area contributed by atoms with Crippen LogP contribution in [0.1, 0.15) is 0 Å². The normalized spacial score (nSPS) is 7.75. The Labute approximate surface area is 67.3 Å². The maximum atomic E-state index is 9.77. The van der Waals surface area contributed by atoms with Gasteiger partial charge in [-0.2, -0.15) is 0 Å². The highest BCUT2D eigenvalue weighted by Crippen LogP contribution is 2.08. The number of hydrazine groups is 1. The second-order valence-electron chi connectivity index (χ2n) is 1.49. The van der Waals surface area contributed by atoms with Crippen LogP contribution in [-0.4, -0.2) is 11.3 Å². The molecule has 0 radical (unpaired) electrons. The number of hydrogen-bond donors (Lipinski definition) is 2. The van der Waals surface area contributed by atoms with Gasteiger partial charge in [-0.1, -0.05) is 0 Å². The van der Waals surface area contributed by atoms with Gasteiger partial charge in [-0.05, 0) is 6.07 Å². The lowest BCUT2D eigenvalue weighted by atomic mass is 10.6. The van der Waals surface area contributed by atoms with Crippen LogP contribution in [0.3, 0.4) is 0 Å². The zero-order chi connectivity index (χ0) is 9.40. The van der Waals surface area contributed by atoms with Crippen molar-refractivity contribution < 1.29 is 14.1 Å². The Morgan fingerprint density at radius 3 is 2.50 bits per heavy atom. The molecule has 0 saturated carbocycles. The van der Waals surface area contributed by atoms with Crippen LogP contribution < -0.4 is 11.3 Å². The van der Waals surface area contributed by atoms with Gasteiger partial charge < -0.3 is 4.42 Å². The number of carbonyl (C=O) groups excluding carboxylic acids is 1. The highest BCUT2D eigenvalue weighted by Gasteiger charge is 2.04. The molecule has 1 heterocycles. The maximum absolute atomic E-state index is 9.77. The quantitative estimate of drug-likeness (QED) is 0.211. The van der Waals surface area contributed by atoms with Gasteiger partial charge in [-0.15, -0.1) is 0 Å². The lowest BCUT2D eigenvalue weighted by Crippen LogP contribution is -2.18. The van der Waals surface area contributed by atoms with Gasteiger partial charge in [0, 0.05) is 0 Å². The van der Waals surface area contributed by atoms with Crippen molar-refractivity contribution in [3.8, 4) is 0 Å². The molecule has 66 valence electrons. The van der Waals surface area contributed by atoms with E-state index in [-0.39, 0.29) is 5.88 Å². The monoisotopic (exact) mass is 173 g/mol. The molecule has 0 aliphatic heterocycles. The third-order valence-electron chi connectivity index (χ3n) is 0.754. The Morgan fingerprint density at radius 2 is 2.33 bits per heavy atom. The number of carbonyl (C=O) groups is 1. The van der Waals surface area contributed by atoms with Crippen LogP contribution >= 0.6 is 0 Å². The minimum atomic E-state index is -0.583. The molecule has 1 aromatic heterocycles. The summed E-state index contributed by atoms with van der Waals surface area (Å²) in [4.78, 5) is 18.1. The summed E-state index contributed by atoms with van der Waals surface area (Å²) in [5.74, 6) is 4.19. The lowest BCUT2D eigenvalue weighted by Gasteiger charge is -1.76. The van der Waals surface area contributed by atoms with Crippen LogP contribution in [0.2, 0.25) is 0 Å². The zero-order valence-electron chi connectivity index (χ0n) is 5.97. The van der Waals surface area contributed by atoms with Gasteiger partial charge in [0.15, 0.2) is 0 Å². The number of amides is 1. The number of rotatable bonds is 2. The summed E-state index contributed by atoms with van der Waals surface area (Å²) < 4.78 is 4.40. The van der Waals surface area contributed by atoms with Gasteiger partial charge in [0.2, 0.25) is 6.41 Å². The van der Waals surface area contributed by atoms with E-state index in [1.807, 2.05) is 0 Å². The fourth-order valence-electron chi connectivity index (χ4n) is 0.374. The van der Waals surface area contributed by atoms with E-state index in [9.17, 15) is 10.1 Å². The van der Waals surface area contributed by atoms with Crippen LogP contribution in [0.5, 0.6) is 0 Å². The van der Waals surface area contributed by atoms with Crippen LogP contribution in [0, 0.1) is 10.1 Å². The lowest BCUT2D eigenvalue weighted by molar-refractivity contribution is -0.402. The first-order valence-electron chi connectivity index (χ1n) is 2.80. The molecule has 0 bridgehead atoms. The number of nitrogens with zero attached hydrogens (tertiary/aromatic N) is 1. The van der Waals surface area contributed by atoms with Crippen LogP contribution in [-0.2, 0) is 4.79 Å². The largest absolute Gasteiger partial charge is 0.432 e. The SMILES string of the molecule is NNC=O.O=[N+]([O-])c1ccco1. The van der Waals surface area contributed by atoms with Gasteiger partial charge in [-0.25, -0.2) is 5.84 Å². The van der Waals surface area contributed by atoms with Gasteiger partial charge in [-0.3, -0.25) is 20.3 Å². The molecule has 0 spiro atoms. The topological polar surface area (TPSA) is 111 Å². The highest BCUT2D eigenvalue weighted by atomic mass is 16.6. The second kappa shape index (κ2) is 5.86. The Balaban J connectivity index is 0.000000261. The predicted octanol–water partition coefficient (Wildman–Crippen LogP) is -0.206. The first-order valence-corrected chi connectivity index (χ1v) is 2.80. The Kier molecular flexibility index (Phi) is 4.94. The van der Waals surface area contributed by atoms with Crippen molar-refractivity contribution in [2.24, 2.45) is 5.84 Å². The number of hydrogen-bond acceptors (Lipinski definition) is 5. The van der Waals surface area contributed by atoms with Gasteiger partial charge >= 0.3 is 5.88 Å². The van der Waals surface area contributed by atoms with Crippen LogP contribution in [0.15, 0.2) is 22.8 Å². The summed E-state index contributed by atoms with van der Waals surface area (Å²) in [6, 6.07) is 2.76. The summed E-state index contributed by atoms with van der Waals surface area (Å²) >= 11 is 0. The molecule has 1 rings (SSSR count). The highest BCUT2D eigenvalue weighted by molar-refractivity contribution is 5.44. The zero-order valence-corrected chi connectivity index (χ0v) is 5.97. The van der Waals surface area contributed by atoms with E-state index in [1.165, 1.54) is 18.4 Å². The summed E-state index contributed by atoms with van der Waals surface area (Å²) in [5.41, 5.74) is 1.75. The number of nitrogens with one attached hydrogen (secondary N) is 1. The molecule has 1 amide bonds. The van der Waals surface area contributed by atoms with Crippen molar-refractivity contribution in [2.75, 3.05) is 0 Å². The molecule has 0 unspecified atom stereocenters. The first kappa shape index (κ1) is 10.1. The second-order valence-corrected chi connectivity index (χ2v) is 1.49. The molecule has 0 aromatic carbocycles. The van der Waals surface area contributed by atoms with E-state index in [0.717, 1.165) is 0 Å². The van der Waals surface area contributed by atoms with E-state index in [2.05, 4.69) is 10.3 Å². The summed E-state index contributed by atoms with van der Waals surface area (Å²) in [6.07, 6.45) is 1.66. The number of nitro groups is 1. The summed E-state index contributed by atoms with van der Waals surface area (Å²) in [7, 11) is 0. The molecule has 12 heavy (non-hydrogen) atoms. The molecular weight excluding hydrogens is 166 g/mol. The average molecular weight is 173 g/mol. The van der Waals surface area contributed by atoms with Crippen molar-refractivity contribution >= 4 is 12.3 Å². The number of nitrogens with two attached hydrogens (primary N) is 1. The van der Waals surface area contributed by atoms with Gasteiger partial charge in [0.05, 0.1) is 12.3 Å². The van der Waals surface area contributed by atoms with Crippen molar-refractivity contribution in [1.29, 1.82) is 0 Å². The maximum Gasteiger partial charge on any atom is 0.432 e.